The lowest BCUT2D eigenvalue weighted by Crippen LogP contribution is -2.42. The largest absolute Gasteiger partial charge is 0.485 e. The van der Waals surface area contributed by atoms with Gasteiger partial charge in [0.25, 0.3) is 0 Å². The smallest absolute Gasteiger partial charge is 0.228 e. The number of anilines is 1. The molecule has 0 saturated carbocycles. The second-order valence-corrected chi connectivity index (χ2v) is 7.57. The number of carbonyl (C=O) groups excluding carboxylic acids is 1. The third kappa shape index (κ3) is 3.43. The Balaban J connectivity index is 2.25. The molecule has 0 bridgehead atoms. The van der Waals surface area contributed by atoms with E-state index in [1.165, 1.54) is 0 Å². The van der Waals surface area contributed by atoms with Crippen LogP contribution in [0.2, 0.25) is 5.02 Å². The van der Waals surface area contributed by atoms with Crippen molar-refractivity contribution < 1.29 is 17.9 Å². The molecule has 0 spiro atoms. The zero-order valence-corrected chi connectivity index (χ0v) is 12.9. The van der Waals surface area contributed by atoms with Crippen LogP contribution in [0.15, 0.2) is 18.2 Å². The van der Waals surface area contributed by atoms with Gasteiger partial charge in [-0.05, 0) is 19.1 Å². The fourth-order valence-electron chi connectivity index (χ4n) is 2.06. The zero-order chi connectivity index (χ0) is 14.9. The van der Waals surface area contributed by atoms with Crippen molar-refractivity contribution in [1.82, 2.24) is 0 Å². The van der Waals surface area contributed by atoms with Crippen LogP contribution in [-0.4, -0.2) is 39.0 Å². The van der Waals surface area contributed by atoms with Gasteiger partial charge in [0.05, 0.1) is 23.0 Å². The molecule has 1 heterocycles. The second kappa shape index (κ2) is 5.61. The maximum Gasteiger partial charge on any atom is 0.228 e. The summed E-state index contributed by atoms with van der Waals surface area (Å²) in [6, 6.07) is 5.17. The van der Waals surface area contributed by atoms with Crippen molar-refractivity contribution in [2.24, 2.45) is 0 Å². The Labute approximate surface area is 123 Å². The summed E-state index contributed by atoms with van der Waals surface area (Å²) in [7, 11) is -3.16. The van der Waals surface area contributed by atoms with Crippen LogP contribution < -0.4 is 9.64 Å². The number of benzene rings is 1. The summed E-state index contributed by atoms with van der Waals surface area (Å²) in [5, 5.41) is 0.440. The van der Waals surface area contributed by atoms with E-state index in [1.54, 1.807) is 23.1 Å². The number of carbonyl (C=O) groups is 1. The summed E-state index contributed by atoms with van der Waals surface area (Å²) in [6.07, 6.45) is 0.884. The highest BCUT2D eigenvalue weighted by molar-refractivity contribution is 7.90. The molecule has 1 unspecified atom stereocenters. The number of fused-ring (bicyclic) bond motifs is 1. The van der Waals surface area contributed by atoms with E-state index in [0.717, 1.165) is 6.26 Å². The van der Waals surface area contributed by atoms with Crippen LogP contribution in [0.3, 0.4) is 0 Å². The van der Waals surface area contributed by atoms with E-state index in [2.05, 4.69) is 0 Å². The third-order valence-corrected chi connectivity index (χ3v) is 4.23. The van der Waals surface area contributed by atoms with E-state index >= 15 is 0 Å². The molecule has 0 aromatic heterocycles. The van der Waals surface area contributed by atoms with Gasteiger partial charge in [-0.3, -0.25) is 4.79 Å². The molecule has 20 heavy (non-hydrogen) atoms. The number of hydrogen-bond donors (Lipinski definition) is 0. The third-order valence-electron chi connectivity index (χ3n) is 2.98. The van der Waals surface area contributed by atoms with Gasteiger partial charge in [0.2, 0.25) is 5.91 Å². The molecule has 5 nitrogen and oxygen atoms in total. The molecular formula is C13H16ClNO4S. The first-order valence-electron chi connectivity index (χ1n) is 6.21. The van der Waals surface area contributed by atoms with Crippen molar-refractivity contribution >= 4 is 33.0 Å². The van der Waals surface area contributed by atoms with Gasteiger partial charge in [0.1, 0.15) is 15.9 Å². The normalized spacial score (nSPS) is 18.4. The van der Waals surface area contributed by atoms with Crippen LogP contribution in [0.5, 0.6) is 5.75 Å². The average Bonchev–Trinajstić information content (AvgIpc) is 2.35. The molecule has 1 atom stereocenters. The first-order valence-corrected chi connectivity index (χ1v) is 8.65. The summed E-state index contributed by atoms with van der Waals surface area (Å²) in [5.41, 5.74) is 0.592. The molecule has 7 heteroatoms. The summed E-state index contributed by atoms with van der Waals surface area (Å²) < 4.78 is 28.0. The summed E-state index contributed by atoms with van der Waals surface area (Å²) >= 11 is 6.07. The van der Waals surface area contributed by atoms with Crippen molar-refractivity contribution in [3.8, 4) is 5.75 Å². The molecule has 110 valence electrons. The van der Waals surface area contributed by atoms with Gasteiger partial charge in [-0.25, -0.2) is 8.42 Å². The minimum Gasteiger partial charge on any atom is -0.485 e. The maximum absolute atomic E-state index is 12.2. The van der Waals surface area contributed by atoms with E-state index < -0.39 is 9.84 Å². The molecule has 0 N–H and O–H groups in total. The Morgan fingerprint density at radius 2 is 2.20 bits per heavy atom. The Morgan fingerprint density at radius 1 is 1.50 bits per heavy atom. The molecule has 0 radical (unpaired) electrons. The van der Waals surface area contributed by atoms with Gasteiger partial charge in [-0.15, -0.1) is 0 Å². The second-order valence-electron chi connectivity index (χ2n) is 4.90. The van der Waals surface area contributed by atoms with Gasteiger partial charge >= 0.3 is 0 Å². The van der Waals surface area contributed by atoms with Crippen LogP contribution in [0, 0.1) is 0 Å². The van der Waals surface area contributed by atoms with Gasteiger partial charge in [-0.2, -0.15) is 0 Å². The fourth-order valence-corrected chi connectivity index (χ4v) is 2.82. The van der Waals surface area contributed by atoms with Gasteiger partial charge in [-0.1, -0.05) is 17.7 Å². The van der Waals surface area contributed by atoms with Crippen molar-refractivity contribution in [1.29, 1.82) is 0 Å². The standard InChI is InChI=1S/C13H16ClNO4S/c1-9-8-15(12(16)6-7-20(2,17)18)11-5-3-4-10(14)13(11)19-9/h3-5,9H,6-8H2,1-2H3. The predicted molar refractivity (Wildman–Crippen MR) is 78.2 cm³/mol. The minimum atomic E-state index is -3.16. The van der Waals surface area contributed by atoms with E-state index in [1.807, 2.05) is 6.92 Å². The summed E-state index contributed by atoms with van der Waals surface area (Å²) in [5.74, 6) is 0.0720. The fraction of sp³-hybridized carbons (Fsp3) is 0.462. The van der Waals surface area contributed by atoms with Crippen LogP contribution in [-0.2, 0) is 14.6 Å². The number of ether oxygens (including phenoxy) is 1. The number of rotatable bonds is 3. The molecule has 2 rings (SSSR count). The van der Waals surface area contributed by atoms with Gasteiger partial charge < -0.3 is 9.64 Å². The Kier molecular flexibility index (Phi) is 4.25. The van der Waals surface area contributed by atoms with E-state index in [4.69, 9.17) is 16.3 Å². The van der Waals surface area contributed by atoms with Crippen LogP contribution >= 0.6 is 11.6 Å². The molecule has 1 aliphatic heterocycles. The van der Waals surface area contributed by atoms with Crippen molar-refractivity contribution in [3.63, 3.8) is 0 Å². The highest BCUT2D eigenvalue weighted by Gasteiger charge is 2.29. The first kappa shape index (κ1) is 15.1. The average molecular weight is 318 g/mol. The number of para-hydroxylation sites is 1. The van der Waals surface area contributed by atoms with E-state index in [9.17, 15) is 13.2 Å². The van der Waals surface area contributed by atoms with Gasteiger partial charge in [0, 0.05) is 12.7 Å². The lowest BCUT2D eigenvalue weighted by atomic mass is 10.2. The number of hydrogen-bond acceptors (Lipinski definition) is 4. The topological polar surface area (TPSA) is 63.7 Å². The Morgan fingerprint density at radius 3 is 2.85 bits per heavy atom. The minimum absolute atomic E-state index is 0.0441. The van der Waals surface area contributed by atoms with Gasteiger partial charge in [0.15, 0.2) is 5.75 Å². The molecule has 1 amide bonds. The summed E-state index contributed by atoms with van der Waals surface area (Å²) in [6.45, 7) is 2.22. The van der Waals surface area contributed by atoms with Crippen LogP contribution in [0.4, 0.5) is 5.69 Å². The highest BCUT2D eigenvalue weighted by Crippen LogP contribution is 2.39. The lowest BCUT2D eigenvalue weighted by Gasteiger charge is -2.33. The predicted octanol–water partition coefficient (Wildman–Crippen LogP) is 1.89. The molecule has 1 aromatic rings. The van der Waals surface area contributed by atoms with Crippen LogP contribution in [0.25, 0.3) is 0 Å². The molecule has 0 fully saturated rings. The lowest BCUT2D eigenvalue weighted by molar-refractivity contribution is -0.118. The maximum atomic E-state index is 12.2. The van der Waals surface area contributed by atoms with E-state index in [0.29, 0.717) is 23.0 Å². The number of sulfone groups is 1. The molecule has 1 aliphatic rings. The first-order chi connectivity index (χ1) is 9.28. The molecular weight excluding hydrogens is 302 g/mol. The quantitative estimate of drug-likeness (QED) is 0.854. The molecule has 0 aliphatic carbocycles. The van der Waals surface area contributed by atoms with Crippen LogP contribution in [0.1, 0.15) is 13.3 Å². The summed E-state index contributed by atoms with van der Waals surface area (Å²) in [4.78, 5) is 13.8. The number of halogens is 1. The number of nitrogens with zero attached hydrogens (tertiary/aromatic N) is 1. The van der Waals surface area contributed by atoms with E-state index in [-0.39, 0.29) is 24.2 Å². The zero-order valence-electron chi connectivity index (χ0n) is 11.3. The number of amides is 1. The Hall–Kier alpha value is -1.27. The monoisotopic (exact) mass is 317 g/mol. The van der Waals surface area contributed by atoms with Crippen molar-refractivity contribution in [3.05, 3.63) is 23.2 Å². The molecule has 1 aromatic carbocycles. The highest BCUT2D eigenvalue weighted by atomic mass is 35.5. The van der Waals surface area contributed by atoms with Crippen molar-refractivity contribution in [2.75, 3.05) is 23.5 Å². The SMILES string of the molecule is CC1CN(C(=O)CCS(C)(=O)=O)c2cccc(Cl)c2O1. The Bertz CT molecular complexity index is 629. The van der Waals surface area contributed by atoms with Crippen molar-refractivity contribution in [2.45, 2.75) is 19.4 Å². The molecule has 0 saturated heterocycles.